The monoisotopic (exact) mass is 230 g/mol. The van der Waals surface area contributed by atoms with E-state index < -0.39 is 18.4 Å². The van der Waals surface area contributed by atoms with Gasteiger partial charge < -0.3 is 0 Å². The number of Topliss-reactive ketones (excluding diaryl/α,β-unsaturated/α-hetero) is 1. The van der Waals surface area contributed by atoms with E-state index in [-0.39, 0.29) is 6.42 Å². The standard InChI is InChI=1S/C12H13F3O/c13-12(14,15)11(16)9-5-4-8-10-6-2-1-3-7-10/h1-3,6-7H,4-5,8-9H2. The van der Waals surface area contributed by atoms with Gasteiger partial charge in [0.05, 0.1) is 0 Å². The van der Waals surface area contributed by atoms with Crippen LogP contribution in [0.1, 0.15) is 24.8 Å². The van der Waals surface area contributed by atoms with Crippen LogP contribution >= 0.6 is 0 Å². The largest absolute Gasteiger partial charge is 0.449 e. The van der Waals surface area contributed by atoms with Crippen LogP contribution in [-0.2, 0) is 11.2 Å². The van der Waals surface area contributed by atoms with E-state index in [4.69, 9.17) is 0 Å². The van der Waals surface area contributed by atoms with Gasteiger partial charge in [-0.1, -0.05) is 30.3 Å². The molecule has 0 aliphatic carbocycles. The summed E-state index contributed by atoms with van der Waals surface area (Å²) in [5.41, 5.74) is 1.09. The van der Waals surface area contributed by atoms with Crippen molar-refractivity contribution in [2.75, 3.05) is 0 Å². The lowest BCUT2D eigenvalue weighted by atomic mass is 10.1. The van der Waals surface area contributed by atoms with E-state index in [9.17, 15) is 18.0 Å². The highest BCUT2D eigenvalue weighted by Gasteiger charge is 2.36. The van der Waals surface area contributed by atoms with E-state index in [0.29, 0.717) is 12.8 Å². The minimum absolute atomic E-state index is 0.285. The molecule has 1 aromatic carbocycles. The molecule has 0 heterocycles. The second-order valence-electron chi connectivity index (χ2n) is 3.61. The zero-order valence-corrected chi connectivity index (χ0v) is 8.76. The summed E-state index contributed by atoms with van der Waals surface area (Å²) in [6.07, 6.45) is -3.48. The zero-order chi connectivity index (χ0) is 12.0. The maximum absolute atomic E-state index is 11.8. The summed E-state index contributed by atoms with van der Waals surface area (Å²) in [5.74, 6) is -1.62. The predicted octanol–water partition coefficient (Wildman–Crippen LogP) is 3.53. The smallest absolute Gasteiger partial charge is 0.290 e. The number of carbonyl (C=O) groups is 1. The SMILES string of the molecule is O=C(CCCCc1ccccc1)C(F)(F)F. The molecule has 0 amide bonds. The molecule has 0 saturated heterocycles. The molecule has 4 heteroatoms. The molecule has 0 N–H and O–H groups in total. The quantitative estimate of drug-likeness (QED) is 0.707. The maximum atomic E-state index is 11.8. The molecule has 0 saturated carbocycles. The van der Waals surface area contributed by atoms with Gasteiger partial charge in [-0.05, 0) is 24.8 Å². The average molecular weight is 230 g/mol. The first kappa shape index (κ1) is 12.7. The third-order valence-corrected chi connectivity index (χ3v) is 2.28. The second kappa shape index (κ2) is 5.68. The molecule has 1 aromatic rings. The van der Waals surface area contributed by atoms with Crippen LogP contribution in [0, 0.1) is 0 Å². The van der Waals surface area contributed by atoms with Crippen LogP contribution in [0.2, 0.25) is 0 Å². The Balaban J connectivity index is 2.20. The molecule has 0 aromatic heterocycles. The van der Waals surface area contributed by atoms with Crippen LogP contribution in [0.4, 0.5) is 13.2 Å². The van der Waals surface area contributed by atoms with Crippen molar-refractivity contribution in [1.29, 1.82) is 0 Å². The number of rotatable bonds is 5. The number of hydrogen-bond acceptors (Lipinski definition) is 1. The number of aryl methyl sites for hydroxylation is 1. The highest BCUT2D eigenvalue weighted by atomic mass is 19.4. The van der Waals surface area contributed by atoms with Crippen molar-refractivity contribution in [1.82, 2.24) is 0 Å². The first-order valence-electron chi connectivity index (χ1n) is 5.14. The highest BCUT2D eigenvalue weighted by molar-refractivity contribution is 5.83. The molecule has 0 atom stereocenters. The molecule has 0 aliphatic rings. The summed E-state index contributed by atoms with van der Waals surface area (Å²) >= 11 is 0. The number of hydrogen-bond donors (Lipinski definition) is 0. The van der Waals surface area contributed by atoms with Gasteiger partial charge in [-0.3, -0.25) is 4.79 Å². The Morgan fingerprint density at radius 3 is 2.25 bits per heavy atom. The Kier molecular flexibility index (Phi) is 4.52. The van der Waals surface area contributed by atoms with Crippen molar-refractivity contribution < 1.29 is 18.0 Å². The van der Waals surface area contributed by atoms with Gasteiger partial charge in [0, 0.05) is 6.42 Å². The molecule has 1 rings (SSSR count). The number of alkyl halides is 3. The fraction of sp³-hybridized carbons (Fsp3) is 0.417. The van der Waals surface area contributed by atoms with Gasteiger partial charge in [0.25, 0.3) is 0 Å². The van der Waals surface area contributed by atoms with Crippen LogP contribution in [0.15, 0.2) is 30.3 Å². The van der Waals surface area contributed by atoms with Crippen LogP contribution in [0.3, 0.4) is 0 Å². The van der Waals surface area contributed by atoms with Crippen molar-refractivity contribution in [3.8, 4) is 0 Å². The van der Waals surface area contributed by atoms with Gasteiger partial charge in [-0.25, -0.2) is 0 Å². The molecule has 88 valence electrons. The molecule has 16 heavy (non-hydrogen) atoms. The summed E-state index contributed by atoms with van der Waals surface area (Å²) in [7, 11) is 0. The number of carbonyl (C=O) groups excluding carboxylic acids is 1. The Bertz CT molecular complexity index is 330. The lowest BCUT2D eigenvalue weighted by Gasteiger charge is -2.04. The molecule has 0 fully saturated rings. The number of halogens is 3. The minimum Gasteiger partial charge on any atom is -0.290 e. The van der Waals surface area contributed by atoms with Gasteiger partial charge in [0.1, 0.15) is 0 Å². The topological polar surface area (TPSA) is 17.1 Å². The van der Waals surface area contributed by atoms with Crippen molar-refractivity contribution >= 4 is 5.78 Å². The van der Waals surface area contributed by atoms with E-state index >= 15 is 0 Å². The normalized spacial score (nSPS) is 11.4. The van der Waals surface area contributed by atoms with Gasteiger partial charge in [-0.2, -0.15) is 13.2 Å². The van der Waals surface area contributed by atoms with Crippen LogP contribution in [0.25, 0.3) is 0 Å². The average Bonchev–Trinajstić information content (AvgIpc) is 2.24. The number of unbranched alkanes of at least 4 members (excludes halogenated alkanes) is 1. The van der Waals surface area contributed by atoms with Crippen molar-refractivity contribution in [2.24, 2.45) is 0 Å². The second-order valence-corrected chi connectivity index (χ2v) is 3.61. The van der Waals surface area contributed by atoms with E-state index in [0.717, 1.165) is 5.56 Å². The van der Waals surface area contributed by atoms with E-state index in [2.05, 4.69) is 0 Å². The summed E-state index contributed by atoms with van der Waals surface area (Å²) in [6.45, 7) is 0. The molecule has 1 nitrogen and oxygen atoms in total. The fourth-order valence-corrected chi connectivity index (χ4v) is 1.40. The van der Waals surface area contributed by atoms with Gasteiger partial charge in [0.15, 0.2) is 0 Å². The van der Waals surface area contributed by atoms with Crippen molar-refractivity contribution in [3.05, 3.63) is 35.9 Å². The van der Waals surface area contributed by atoms with Gasteiger partial charge in [-0.15, -0.1) is 0 Å². The predicted molar refractivity (Wildman–Crippen MR) is 55.1 cm³/mol. The molecule has 0 bridgehead atoms. The minimum atomic E-state index is -4.67. The van der Waals surface area contributed by atoms with Crippen molar-refractivity contribution in [3.63, 3.8) is 0 Å². The molecule has 0 aliphatic heterocycles. The van der Waals surface area contributed by atoms with E-state index in [1.54, 1.807) is 0 Å². The fourth-order valence-electron chi connectivity index (χ4n) is 1.40. The molecular formula is C12H13F3O. The third kappa shape index (κ3) is 4.47. The Morgan fingerprint density at radius 2 is 1.69 bits per heavy atom. The van der Waals surface area contributed by atoms with Crippen LogP contribution < -0.4 is 0 Å². The van der Waals surface area contributed by atoms with Crippen molar-refractivity contribution in [2.45, 2.75) is 31.9 Å². The van der Waals surface area contributed by atoms with Gasteiger partial charge in [0.2, 0.25) is 5.78 Å². The summed E-state index contributed by atoms with van der Waals surface area (Å²) in [6, 6.07) is 9.50. The molecule has 0 unspecified atom stereocenters. The first-order valence-corrected chi connectivity index (χ1v) is 5.14. The molecular weight excluding hydrogens is 217 g/mol. The summed E-state index contributed by atoms with van der Waals surface area (Å²) in [5, 5.41) is 0. The van der Waals surface area contributed by atoms with E-state index in [1.807, 2.05) is 30.3 Å². The van der Waals surface area contributed by atoms with Gasteiger partial charge >= 0.3 is 6.18 Å². The lowest BCUT2D eigenvalue weighted by Crippen LogP contribution is -2.22. The molecule has 0 radical (unpaired) electrons. The first-order chi connectivity index (χ1) is 7.50. The third-order valence-electron chi connectivity index (χ3n) is 2.28. The molecule has 0 spiro atoms. The Labute approximate surface area is 92.3 Å². The Morgan fingerprint density at radius 1 is 1.06 bits per heavy atom. The van der Waals surface area contributed by atoms with E-state index in [1.165, 1.54) is 0 Å². The number of benzene rings is 1. The summed E-state index contributed by atoms with van der Waals surface area (Å²) < 4.78 is 35.5. The Hall–Kier alpha value is -1.32. The maximum Gasteiger partial charge on any atom is 0.449 e. The zero-order valence-electron chi connectivity index (χ0n) is 8.76. The number of ketones is 1. The summed E-state index contributed by atoms with van der Waals surface area (Å²) in [4.78, 5) is 10.6. The van der Waals surface area contributed by atoms with Crippen LogP contribution in [0.5, 0.6) is 0 Å². The van der Waals surface area contributed by atoms with Crippen LogP contribution in [-0.4, -0.2) is 12.0 Å². The lowest BCUT2D eigenvalue weighted by molar-refractivity contribution is -0.171. The highest BCUT2D eigenvalue weighted by Crippen LogP contribution is 2.19.